The summed E-state index contributed by atoms with van der Waals surface area (Å²) in [6.07, 6.45) is 1.79. The average Bonchev–Trinajstić information content (AvgIpc) is 3.03. The molecule has 7 heteroatoms. The number of aromatic nitrogens is 2. The van der Waals surface area contributed by atoms with Crippen LogP contribution in [0.5, 0.6) is 0 Å². The van der Waals surface area contributed by atoms with Gasteiger partial charge in [-0.05, 0) is 30.3 Å². The van der Waals surface area contributed by atoms with Crippen molar-refractivity contribution in [1.82, 2.24) is 14.5 Å². The Labute approximate surface area is 139 Å². The number of sulfonamides is 1. The van der Waals surface area contributed by atoms with E-state index in [9.17, 15) is 8.42 Å². The molecule has 0 atom stereocenters. The van der Waals surface area contributed by atoms with E-state index in [1.54, 1.807) is 35.1 Å². The fourth-order valence-corrected chi connectivity index (χ4v) is 3.61. The molecule has 0 saturated carbocycles. The third-order valence-electron chi connectivity index (χ3n) is 3.23. The standard InChI is InChI=1S/C16H14ClN3O2S/c17-15-8-4-5-9-16(15)23(21,22)18-12-13-10-11-20(19-13)14-6-2-1-3-7-14/h1-11,18H,12H2. The molecule has 0 radical (unpaired) electrons. The van der Waals surface area contributed by atoms with Gasteiger partial charge in [0.1, 0.15) is 4.90 Å². The van der Waals surface area contributed by atoms with Crippen LogP contribution in [0.3, 0.4) is 0 Å². The quantitative estimate of drug-likeness (QED) is 0.771. The normalized spacial score (nSPS) is 11.5. The Morgan fingerprint density at radius 1 is 1.00 bits per heavy atom. The average molecular weight is 348 g/mol. The van der Waals surface area contributed by atoms with Gasteiger partial charge in [-0.2, -0.15) is 5.10 Å². The first kappa shape index (κ1) is 15.7. The first-order valence-corrected chi connectivity index (χ1v) is 8.76. The van der Waals surface area contributed by atoms with Gasteiger partial charge in [-0.25, -0.2) is 17.8 Å². The lowest BCUT2D eigenvalue weighted by Gasteiger charge is -2.07. The molecule has 0 aliphatic heterocycles. The molecule has 1 heterocycles. The maximum absolute atomic E-state index is 12.3. The second-order valence-electron chi connectivity index (χ2n) is 4.84. The van der Waals surface area contributed by atoms with Gasteiger partial charge in [0.15, 0.2) is 0 Å². The number of hydrogen-bond acceptors (Lipinski definition) is 3. The molecule has 2 aromatic carbocycles. The van der Waals surface area contributed by atoms with E-state index in [-0.39, 0.29) is 16.5 Å². The molecule has 23 heavy (non-hydrogen) atoms. The molecule has 1 N–H and O–H groups in total. The van der Waals surface area contributed by atoms with Crippen LogP contribution in [-0.4, -0.2) is 18.2 Å². The highest BCUT2D eigenvalue weighted by Crippen LogP contribution is 2.20. The number of benzene rings is 2. The van der Waals surface area contributed by atoms with Gasteiger partial charge in [0.2, 0.25) is 10.0 Å². The van der Waals surface area contributed by atoms with Crippen LogP contribution in [0.1, 0.15) is 5.69 Å². The Kier molecular flexibility index (Phi) is 4.47. The summed E-state index contributed by atoms with van der Waals surface area (Å²) in [5.74, 6) is 0. The zero-order valence-electron chi connectivity index (χ0n) is 12.1. The minimum Gasteiger partial charge on any atom is -0.241 e. The molecule has 0 saturated heterocycles. The Hall–Kier alpha value is -2.15. The summed E-state index contributed by atoms with van der Waals surface area (Å²) < 4.78 is 28.7. The maximum atomic E-state index is 12.3. The van der Waals surface area contributed by atoms with Gasteiger partial charge in [-0.3, -0.25) is 0 Å². The van der Waals surface area contributed by atoms with Crippen molar-refractivity contribution >= 4 is 21.6 Å². The summed E-state index contributed by atoms with van der Waals surface area (Å²) in [5, 5.41) is 4.55. The number of nitrogens with one attached hydrogen (secondary N) is 1. The van der Waals surface area contributed by atoms with Crippen molar-refractivity contribution < 1.29 is 8.42 Å². The van der Waals surface area contributed by atoms with E-state index in [2.05, 4.69) is 9.82 Å². The molecule has 0 unspecified atom stereocenters. The topological polar surface area (TPSA) is 64.0 Å². The predicted octanol–water partition coefficient (Wildman–Crippen LogP) is 3.00. The number of rotatable bonds is 5. The fourth-order valence-electron chi connectivity index (χ4n) is 2.09. The first-order chi connectivity index (χ1) is 11.1. The molecule has 3 aromatic rings. The molecule has 0 aliphatic carbocycles. The molecule has 0 fully saturated rings. The van der Waals surface area contributed by atoms with Crippen LogP contribution in [0, 0.1) is 0 Å². The summed E-state index contributed by atoms with van der Waals surface area (Å²) in [5.41, 5.74) is 1.53. The van der Waals surface area contributed by atoms with Crippen molar-refractivity contribution in [2.75, 3.05) is 0 Å². The van der Waals surface area contributed by atoms with Crippen LogP contribution >= 0.6 is 11.6 Å². The van der Waals surface area contributed by atoms with E-state index in [4.69, 9.17) is 11.6 Å². The Morgan fingerprint density at radius 3 is 2.43 bits per heavy atom. The van der Waals surface area contributed by atoms with Crippen LogP contribution in [-0.2, 0) is 16.6 Å². The van der Waals surface area contributed by atoms with Gasteiger partial charge < -0.3 is 0 Å². The largest absolute Gasteiger partial charge is 0.242 e. The van der Waals surface area contributed by atoms with Crippen LogP contribution < -0.4 is 4.72 Å². The number of nitrogens with zero attached hydrogens (tertiary/aromatic N) is 2. The van der Waals surface area contributed by atoms with E-state index in [1.807, 2.05) is 30.3 Å². The smallest absolute Gasteiger partial charge is 0.241 e. The number of para-hydroxylation sites is 1. The monoisotopic (exact) mass is 347 g/mol. The van der Waals surface area contributed by atoms with E-state index < -0.39 is 10.0 Å². The highest BCUT2D eigenvalue weighted by Gasteiger charge is 2.17. The van der Waals surface area contributed by atoms with Gasteiger partial charge in [0.25, 0.3) is 0 Å². The van der Waals surface area contributed by atoms with Crippen molar-refractivity contribution in [3.05, 3.63) is 77.6 Å². The zero-order valence-corrected chi connectivity index (χ0v) is 13.6. The highest BCUT2D eigenvalue weighted by molar-refractivity contribution is 7.89. The third kappa shape index (κ3) is 3.61. The fraction of sp³-hybridized carbons (Fsp3) is 0.0625. The number of halogens is 1. The van der Waals surface area contributed by atoms with Gasteiger partial charge in [-0.15, -0.1) is 0 Å². The lowest BCUT2D eigenvalue weighted by Crippen LogP contribution is -2.23. The van der Waals surface area contributed by atoms with Crippen LogP contribution in [0.15, 0.2) is 71.8 Å². The predicted molar refractivity (Wildman–Crippen MR) is 89.0 cm³/mol. The molecule has 0 amide bonds. The van der Waals surface area contributed by atoms with Crippen molar-refractivity contribution in [2.24, 2.45) is 0 Å². The van der Waals surface area contributed by atoms with Crippen molar-refractivity contribution in [1.29, 1.82) is 0 Å². The van der Waals surface area contributed by atoms with Crippen LogP contribution in [0.25, 0.3) is 5.69 Å². The van der Waals surface area contributed by atoms with Crippen molar-refractivity contribution in [2.45, 2.75) is 11.4 Å². The first-order valence-electron chi connectivity index (χ1n) is 6.90. The van der Waals surface area contributed by atoms with Crippen molar-refractivity contribution in [3.8, 4) is 5.69 Å². The van der Waals surface area contributed by atoms with E-state index in [0.29, 0.717) is 5.69 Å². The molecule has 118 valence electrons. The minimum atomic E-state index is -3.68. The molecule has 0 spiro atoms. The summed E-state index contributed by atoms with van der Waals surface area (Å²) in [4.78, 5) is 0.0594. The van der Waals surface area contributed by atoms with Gasteiger partial charge in [0, 0.05) is 6.20 Å². The lowest BCUT2D eigenvalue weighted by molar-refractivity contribution is 0.580. The molecule has 0 aliphatic rings. The molecule has 5 nitrogen and oxygen atoms in total. The highest BCUT2D eigenvalue weighted by atomic mass is 35.5. The second-order valence-corrected chi connectivity index (χ2v) is 6.98. The Balaban J connectivity index is 1.74. The Bertz CT molecular complexity index is 908. The number of hydrogen-bond donors (Lipinski definition) is 1. The maximum Gasteiger partial charge on any atom is 0.242 e. The molecule has 0 bridgehead atoms. The lowest BCUT2D eigenvalue weighted by atomic mass is 10.3. The van der Waals surface area contributed by atoms with Gasteiger partial charge >= 0.3 is 0 Å². The minimum absolute atomic E-state index is 0.0594. The molecule has 1 aromatic heterocycles. The van der Waals surface area contributed by atoms with Crippen LogP contribution in [0.4, 0.5) is 0 Å². The second kappa shape index (κ2) is 6.54. The van der Waals surface area contributed by atoms with Gasteiger partial charge in [-0.1, -0.05) is 41.9 Å². The van der Waals surface area contributed by atoms with E-state index in [1.165, 1.54) is 6.07 Å². The molecule has 3 rings (SSSR count). The van der Waals surface area contributed by atoms with Gasteiger partial charge in [0.05, 0.1) is 22.9 Å². The third-order valence-corrected chi connectivity index (χ3v) is 5.14. The summed E-state index contributed by atoms with van der Waals surface area (Å²) in [6.45, 7) is 0.0907. The summed E-state index contributed by atoms with van der Waals surface area (Å²) >= 11 is 5.94. The van der Waals surface area contributed by atoms with Crippen LogP contribution in [0.2, 0.25) is 5.02 Å². The molecular formula is C16H14ClN3O2S. The Morgan fingerprint density at radius 2 is 1.70 bits per heavy atom. The zero-order chi connectivity index (χ0) is 16.3. The van der Waals surface area contributed by atoms with E-state index >= 15 is 0 Å². The SMILES string of the molecule is O=S(=O)(NCc1ccn(-c2ccccc2)n1)c1ccccc1Cl. The summed E-state index contributed by atoms with van der Waals surface area (Å²) in [7, 11) is -3.68. The molecular weight excluding hydrogens is 334 g/mol. The summed E-state index contributed by atoms with van der Waals surface area (Å²) in [6, 6.07) is 17.7. The van der Waals surface area contributed by atoms with Crippen molar-refractivity contribution in [3.63, 3.8) is 0 Å². The van der Waals surface area contributed by atoms with E-state index in [0.717, 1.165) is 5.69 Å².